The van der Waals surface area contributed by atoms with Crippen molar-refractivity contribution in [2.24, 2.45) is 0 Å². The van der Waals surface area contributed by atoms with E-state index in [1.54, 1.807) is 26.0 Å². The molecule has 30 heavy (non-hydrogen) atoms. The summed E-state index contributed by atoms with van der Waals surface area (Å²) in [4.78, 5) is 61.0. The van der Waals surface area contributed by atoms with Crippen LogP contribution in [0.4, 0.5) is 9.59 Å². The van der Waals surface area contributed by atoms with E-state index in [0.717, 1.165) is 10.5 Å². The first-order valence-electron chi connectivity index (χ1n) is 9.54. The highest BCUT2D eigenvalue weighted by atomic mass is 16.5. The van der Waals surface area contributed by atoms with Crippen LogP contribution in [0.2, 0.25) is 0 Å². The third kappa shape index (κ3) is 5.34. The van der Waals surface area contributed by atoms with Crippen molar-refractivity contribution in [3.8, 4) is 0 Å². The van der Waals surface area contributed by atoms with Gasteiger partial charge in [-0.15, -0.1) is 0 Å². The number of carbonyl (C=O) groups excluding carboxylic acids is 5. The number of amides is 6. The first-order valence-corrected chi connectivity index (χ1v) is 9.54. The highest BCUT2D eigenvalue weighted by Crippen LogP contribution is 2.28. The zero-order valence-electron chi connectivity index (χ0n) is 17.4. The molecule has 1 fully saturated rings. The number of imide groups is 2. The normalized spacial score (nSPS) is 19.1. The Morgan fingerprint density at radius 3 is 2.43 bits per heavy atom. The zero-order chi connectivity index (χ0) is 22.5. The molecule has 1 heterocycles. The Kier molecular flexibility index (Phi) is 7.14. The Bertz CT molecular complexity index is 853. The molecule has 0 aliphatic carbocycles. The minimum Gasteiger partial charge on any atom is -0.454 e. The van der Waals surface area contributed by atoms with E-state index in [2.05, 4.69) is 10.6 Å². The van der Waals surface area contributed by atoms with Gasteiger partial charge < -0.3 is 15.4 Å². The van der Waals surface area contributed by atoms with Gasteiger partial charge in [-0.25, -0.2) is 9.59 Å². The number of nitrogens with one attached hydrogen (secondary N) is 3. The molecule has 0 bridgehead atoms. The SMILES string of the molecule is CC[C@H](C)NC(=O)NC(=O)COC(=O)CN1C(=O)N[C@](C)(c2ccc(C)cc2)C1=O. The number of hydrogen-bond acceptors (Lipinski definition) is 6. The van der Waals surface area contributed by atoms with E-state index in [1.807, 2.05) is 31.3 Å². The Hall–Kier alpha value is -3.43. The first kappa shape index (κ1) is 22.9. The van der Waals surface area contributed by atoms with Gasteiger partial charge in [0.1, 0.15) is 12.1 Å². The van der Waals surface area contributed by atoms with Gasteiger partial charge in [-0.3, -0.25) is 24.6 Å². The number of hydrogen-bond donors (Lipinski definition) is 3. The molecule has 0 saturated carbocycles. The summed E-state index contributed by atoms with van der Waals surface area (Å²) in [5.74, 6) is -2.39. The van der Waals surface area contributed by atoms with Crippen molar-refractivity contribution in [3.05, 3.63) is 35.4 Å². The lowest BCUT2D eigenvalue weighted by Gasteiger charge is -2.22. The van der Waals surface area contributed by atoms with E-state index in [9.17, 15) is 24.0 Å². The molecule has 162 valence electrons. The molecule has 1 aliphatic rings. The van der Waals surface area contributed by atoms with Crippen LogP contribution >= 0.6 is 0 Å². The lowest BCUT2D eigenvalue weighted by atomic mass is 9.91. The molecule has 2 atom stereocenters. The minimum absolute atomic E-state index is 0.122. The molecule has 2 rings (SSSR count). The van der Waals surface area contributed by atoms with Crippen LogP contribution in [-0.2, 0) is 24.7 Å². The van der Waals surface area contributed by atoms with Gasteiger partial charge in [-0.05, 0) is 32.8 Å². The number of rotatable bonds is 7. The van der Waals surface area contributed by atoms with E-state index in [-0.39, 0.29) is 6.04 Å². The predicted octanol–water partition coefficient (Wildman–Crippen LogP) is 0.930. The maximum Gasteiger partial charge on any atom is 0.326 e. The van der Waals surface area contributed by atoms with Crippen LogP contribution in [0.25, 0.3) is 0 Å². The summed E-state index contributed by atoms with van der Waals surface area (Å²) in [7, 11) is 0. The minimum atomic E-state index is -1.31. The summed E-state index contributed by atoms with van der Waals surface area (Å²) in [6.07, 6.45) is 0.685. The molecule has 10 nitrogen and oxygen atoms in total. The van der Waals surface area contributed by atoms with Crippen molar-refractivity contribution in [2.75, 3.05) is 13.2 Å². The number of benzene rings is 1. The quantitative estimate of drug-likeness (QED) is 0.445. The first-order chi connectivity index (χ1) is 14.1. The summed E-state index contributed by atoms with van der Waals surface area (Å²) in [6, 6.07) is 5.52. The van der Waals surface area contributed by atoms with Crippen molar-refractivity contribution in [1.29, 1.82) is 0 Å². The van der Waals surface area contributed by atoms with Gasteiger partial charge in [-0.1, -0.05) is 36.8 Å². The Morgan fingerprint density at radius 1 is 1.20 bits per heavy atom. The number of esters is 1. The summed E-state index contributed by atoms with van der Waals surface area (Å²) in [5, 5.41) is 7.14. The van der Waals surface area contributed by atoms with Crippen LogP contribution in [-0.4, -0.2) is 53.9 Å². The summed E-state index contributed by atoms with van der Waals surface area (Å²) in [5.41, 5.74) is 0.265. The zero-order valence-corrected chi connectivity index (χ0v) is 17.4. The summed E-state index contributed by atoms with van der Waals surface area (Å²) >= 11 is 0. The molecule has 1 aliphatic heterocycles. The van der Waals surface area contributed by atoms with E-state index in [0.29, 0.717) is 12.0 Å². The fraction of sp³-hybridized carbons (Fsp3) is 0.450. The van der Waals surface area contributed by atoms with E-state index in [4.69, 9.17) is 4.74 Å². The molecule has 3 N–H and O–H groups in total. The van der Waals surface area contributed by atoms with Gasteiger partial charge in [0.2, 0.25) is 0 Å². The molecular weight excluding hydrogens is 392 g/mol. The monoisotopic (exact) mass is 418 g/mol. The topological polar surface area (TPSA) is 134 Å². The molecule has 10 heteroatoms. The second-order valence-corrected chi connectivity index (χ2v) is 7.30. The van der Waals surface area contributed by atoms with E-state index in [1.165, 1.54) is 0 Å². The number of ether oxygens (including phenoxy) is 1. The molecule has 0 aromatic heterocycles. The molecule has 6 amide bonds. The third-order valence-electron chi connectivity index (χ3n) is 4.80. The average molecular weight is 418 g/mol. The highest BCUT2D eigenvalue weighted by molar-refractivity contribution is 6.09. The van der Waals surface area contributed by atoms with Crippen LogP contribution < -0.4 is 16.0 Å². The lowest BCUT2D eigenvalue weighted by molar-refractivity contribution is -0.150. The second kappa shape index (κ2) is 9.38. The predicted molar refractivity (Wildman–Crippen MR) is 106 cm³/mol. The second-order valence-electron chi connectivity index (χ2n) is 7.30. The highest BCUT2D eigenvalue weighted by Gasteiger charge is 2.49. The van der Waals surface area contributed by atoms with Crippen LogP contribution in [0.3, 0.4) is 0 Å². The fourth-order valence-electron chi connectivity index (χ4n) is 2.77. The van der Waals surface area contributed by atoms with Gasteiger partial charge in [-0.2, -0.15) is 0 Å². The van der Waals surface area contributed by atoms with Crippen molar-refractivity contribution in [2.45, 2.75) is 45.7 Å². The summed E-state index contributed by atoms with van der Waals surface area (Å²) in [6.45, 7) is 5.71. The fourth-order valence-corrected chi connectivity index (χ4v) is 2.77. The van der Waals surface area contributed by atoms with Crippen molar-refractivity contribution >= 4 is 29.8 Å². The number of nitrogens with zero attached hydrogens (tertiary/aromatic N) is 1. The van der Waals surface area contributed by atoms with Gasteiger partial charge in [0, 0.05) is 6.04 Å². The van der Waals surface area contributed by atoms with Gasteiger partial charge >= 0.3 is 18.0 Å². The number of carbonyl (C=O) groups is 5. The van der Waals surface area contributed by atoms with Crippen LogP contribution in [0, 0.1) is 6.92 Å². The van der Waals surface area contributed by atoms with E-state index >= 15 is 0 Å². The molecule has 0 unspecified atom stereocenters. The molecule has 0 spiro atoms. The molecular formula is C20H26N4O6. The van der Waals surface area contributed by atoms with Crippen LogP contribution in [0.15, 0.2) is 24.3 Å². The van der Waals surface area contributed by atoms with E-state index < -0.39 is 48.5 Å². The van der Waals surface area contributed by atoms with Crippen molar-refractivity contribution in [1.82, 2.24) is 20.9 Å². The smallest absolute Gasteiger partial charge is 0.326 e. The lowest BCUT2D eigenvalue weighted by Crippen LogP contribution is -2.45. The molecule has 1 aromatic rings. The van der Waals surface area contributed by atoms with Gasteiger partial charge in [0.05, 0.1) is 0 Å². The maximum absolute atomic E-state index is 12.8. The van der Waals surface area contributed by atoms with Gasteiger partial charge in [0.15, 0.2) is 6.61 Å². The number of aryl methyl sites for hydroxylation is 1. The Balaban J connectivity index is 1.90. The van der Waals surface area contributed by atoms with Crippen molar-refractivity contribution < 1.29 is 28.7 Å². The average Bonchev–Trinajstić information content (AvgIpc) is 2.90. The Labute approximate surface area is 174 Å². The molecule has 1 saturated heterocycles. The Morgan fingerprint density at radius 2 is 1.83 bits per heavy atom. The molecule has 1 aromatic carbocycles. The van der Waals surface area contributed by atoms with Crippen LogP contribution in [0.1, 0.15) is 38.3 Å². The van der Waals surface area contributed by atoms with Crippen LogP contribution in [0.5, 0.6) is 0 Å². The van der Waals surface area contributed by atoms with Crippen molar-refractivity contribution in [3.63, 3.8) is 0 Å². The largest absolute Gasteiger partial charge is 0.454 e. The van der Waals surface area contributed by atoms with Gasteiger partial charge in [0.25, 0.3) is 11.8 Å². The molecule has 0 radical (unpaired) electrons. The third-order valence-corrected chi connectivity index (χ3v) is 4.80. The maximum atomic E-state index is 12.8. The standard InChI is InChI=1S/C20H26N4O6/c1-5-13(3)21-18(28)22-15(25)11-30-16(26)10-24-17(27)20(4,23-19(24)29)14-8-6-12(2)7-9-14/h6-9,13H,5,10-11H2,1-4H3,(H,23,29)(H2,21,22,25,28)/t13-,20+/m0/s1. The summed E-state index contributed by atoms with van der Waals surface area (Å²) < 4.78 is 4.78. The number of urea groups is 2.